The molecule has 1 saturated heterocycles. The van der Waals surface area contributed by atoms with E-state index in [0.29, 0.717) is 5.56 Å². The lowest BCUT2D eigenvalue weighted by atomic mass is 9.88. The van der Waals surface area contributed by atoms with Crippen molar-refractivity contribution in [1.29, 1.82) is 0 Å². The number of alkyl halides is 3. The molecule has 0 aliphatic carbocycles. The van der Waals surface area contributed by atoms with E-state index in [1.165, 1.54) is 12.1 Å². The van der Waals surface area contributed by atoms with E-state index in [1.54, 1.807) is 49.4 Å². The molecule has 152 valence electrons. The Kier molecular flexibility index (Phi) is 5.58. The summed E-state index contributed by atoms with van der Waals surface area (Å²) in [6.45, 7) is 3.00. The van der Waals surface area contributed by atoms with E-state index in [9.17, 15) is 21.6 Å². The van der Waals surface area contributed by atoms with Crippen LogP contribution in [0.15, 0.2) is 59.5 Å². The van der Waals surface area contributed by atoms with Crippen molar-refractivity contribution in [2.75, 3.05) is 13.1 Å². The predicted octanol–water partition coefficient (Wildman–Crippen LogP) is 4.25. The van der Waals surface area contributed by atoms with Crippen molar-refractivity contribution >= 4 is 10.0 Å². The minimum absolute atomic E-state index is 0.0113. The maximum Gasteiger partial charge on any atom is 0.392 e. The minimum Gasteiger partial charge on any atom is -0.364 e. The number of rotatable bonds is 4. The highest BCUT2D eigenvalue weighted by Crippen LogP contribution is 2.42. The first-order valence-corrected chi connectivity index (χ1v) is 10.3. The second-order valence-electron chi connectivity index (χ2n) is 7.19. The summed E-state index contributed by atoms with van der Waals surface area (Å²) >= 11 is 0. The minimum atomic E-state index is -4.52. The third-order valence-corrected chi connectivity index (χ3v) is 6.59. The van der Waals surface area contributed by atoms with Crippen LogP contribution in [0.25, 0.3) is 0 Å². The number of morpholine rings is 1. The zero-order valence-electron chi connectivity index (χ0n) is 15.6. The van der Waals surface area contributed by atoms with Crippen LogP contribution in [0.1, 0.15) is 24.5 Å². The number of sulfonamides is 1. The van der Waals surface area contributed by atoms with Gasteiger partial charge in [-0.05, 0) is 31.5 Å². The molecule has 0 spiro atoms. The molecule has 0 aromatic heterocycles. The van der Waals surface area contributed by atoms with Crippen molar-refractivity contribution in [2.45, 2.75) is 43.0 Å². The number of aryl methyl sites for hydroxylation is 1. The van der Waals surface area contributed by atoms with Gasteiger partial charge in [-0.1, -0.05) is 48.0 Å². The van der Waals surface area contributed by atoms with Gasteiger partial charge in [-0.25, -0.2) is 8.42 Å². The summed E-state index contributed by atoms with van der Waals surface area (Å²) in [5.74, 6) is 0. The summed E-state index contributed by atoms with van der Waals surface area (Å²) in [6, 6.07) is 14.3. The topological polar surface area (TPSA) is 46.6 Å². The first kappa shape index (κ1) is 20.8. The molecule has 4 nitrogen and oxygen atoms in total. The van der Waals surface area contributed by atoms with Gasteiger partial charge in [0.15, 0.2) is 0 Å². The van der Waals surface area contributed by atoms with E-state index < -0.39 is 40.9 Å². The Morgan fingerprint density at radius 3 is 2.29 bits per heavy atom. The van der Waals surface area contributed by atoms with Gasteiger partial charge in [0.05, 0.1) is 17.4 Å². The molecule has 2 aromatic carbocycles. The second-order valence-corrected chi connectivity index (χ2v) is 9.13. The van der Waals surface area contributed by atoms with Crippen LogP contribution in [0.3, 0.4) is 0 Å². The summed E-state index contributed by atoms with van der Waals surface area (Å²) in [5, 5.41) is 0. The van der Waals surface area contributed by atoms with Crippen molar-refractivity contribution < 1.29 is 26.3 Å². The van der Waals surface area contributed by atoms with Crippen LogP contribution in [-0.4, -0.2) is 38.1 Å². The summed E-state index contributed by atoms with van der Waals surface area (Å²) in [5.41, 5.74) is -0.595. The van der Waals surface area contributed by atoms with E-state index in [4.69, 9.17) is 4.74 Å². The van der Waals surface area contributed by atoms with Crippen LogP contribution in [0.2, 0.25) is 0 Å². The molecule has 1 heterocycles. The number of benzene rings is 2. The smallest absolute Gasteiger partial charge is 0.364 e. The number of nitrogens with zero attached hydrogens (tertiary/aromatic N) is 1. The Labute approximate surface area is 163 Å². The lowest BCUT2D eigenvalue weighted by Crippen LogP contribution is -2.56. The van der Waals surface area contributed by atoms with Crippen LogP contribution >= 0.6 is 0 Å². The van der Waals surface area contributed by atoms with Crippen molar-refractivity contribution in [2.24, 2.45) is 0 Å². The van der Waals surface area contributed by atoms with Gasteiger partial charge in [0.1, 0.15) is 5.60 Å². The van der Waals surface area contributed by atoms with Crippen molar-refractivity contribution in [3.05, 3.63) is 65.7 Å². The molecule has 3 rings (SSSR count). The highest BCUT2D eigenvalue weighted by molar-refractivity contribution is 7.89. The van der Waals surface area contributed by atoms with E-state index in [1.807, 2.05) is 6.92 Å². The van der Waals surface area contributed by atoms with Crippen molar-refractivity contribution in [3.8, 4) is 0 Å². The molecule has 1 aliphatic rings. The molecule has 0 bridgehead atoms. The van der Waals surface area contributed by atoms with Crippen molar-refractivity contribution in [1.82, 2.24) is 4.31 Å². The normalized spacial score (nSPS) is 24.2. The highest BCUT2D eigenvalue weighted by Gasteiger charge is 2.51. The van der Waals surface area contributed by atoms with Gasteiger partial charge in [-0.15, -0.1) is 0 Å². The number of hydrogen-bond acceptors (Lipinski definition) is 3. The van der Waals surface area contributed by atoms with Gasteiger partial charge < -0.3 is 4.74 Å². The number of halogens is 3. The van der Waals surface area contributed by atoms with Gasteiger partial charge in [0.2, 0.25) is 10.0 Å². The Hall–Kier alpha value is -1.90. The van der Waals surface area contributed by atoms with Crippen LogP contribution in [0.4, 0.5) is 13.2 Å². The summed E-state index contributed by atoms with van der Waals surface area (Å²) in [7, 11) is -3.96. The van der Waals surface area contributed by atoms with Gasteiger partial charge in [-0.3, -0.25) is 0 Å². The Morgan fingerprint density at radius 1 is 1.11 bits per heavy atom. The molecular weight excluding hydrogens is 391 g/mol. The molecule has 0 radical (unpaired) electrons. The monoisotopic (exact) mass is 413 g/mol. The van der Waals surface area contributed by atoms with Gasteiger partial charge >= 0.3 is 6.18 Å². The van der Waals surface area contributed by atoms with E-state index in [-0.39, 0.29) is 11.4 Å². The van der Waals surface area contributed by atoms with E-state index in [0.717, 1.165) is 9.87 Å². The molecule has 0 amide bonds. The summed E-state index contributed by atoms with van der Waals surface area (Å²) in [4.78, 5) is 0.0566. The van der Waals surface area contributed by atoms with Gasteiger partial charge in [0, 0.05) is 13.1 Å². The molecule has 1 aliphatic heterocycles. The van der Waals surface area contributed by atoms with Crippen molar-refractivity contribution in [3.63, 3.8) is 0 Å². The van der Waals surface area contributed by atoms with E-state index >= 15 is 0 Å². The third kappa shape index (κ3) is 4.39. The maximum absolute atomic E-state index is 13.4. The zero-order chi connectivity index (χ0) is 20.6. The third-order valence-electron chi connectivity index (χ3n) is 4.76. The molecule has 28 heavy (non-hydrogen) atoms. The average molecular weight is 413 g/mol. The lowest BCUT2D eigenvalue weighted by Gasteiger charge is -2.45. The fraction of sp³-hybridized carbons (Fsp3) is 0.400. The summed E-state index contributed by atoms with van der Waals surface area (Å²) in [6.07, 6.45) is -6.49. The largest absolute Gasteiger partial charge is 0.392 e. The zero-order valence-corrected chi connectivity index (χ0v) is 16.4. The molecule has 0 saturated carbocycles. The van der Waals surface area contributed by atoms with Crippen LogP contribution < -0.4 is 0 Å². The lowest BCUT2D eigenvalue weighted by molar-refractivity contribution is -0.220. The quantitative estimate of drug-likeness (QED) is 0.753. The second kappa shape index (κ2) is 7.50. The molecular formula is C20H22F3NO3S. The van der Waals surface area contributed by atoms with E-state index in [2.05, 4.69) is 0 Å². The maximum atomic E-state index is 13.4. The SMILES string of the molecule is Cc1ccc(S(=O)(=O)N2CC(C)OC(CC(F)(F)F)(c3ccccc3)C2)cc1. The van der Waals surface area contributed by atoms with Gasteiger partial charge in [0.25, 0.3) is 0 Å². The number of ether oxygens (including phenoxy) is 1. The standard InChI is InChI=1S/C20H22F3NO3S/c1-15-8-10-18(11-9-15)28(25,26)24-12-16(2)27-19(14-24,13-20(21,22)23)17-6-4-3-5-7-17/h3-11,16H,12-14H2,1-2H3. The Bertz CT molecular complexity index is 914. The first-order valence-electron chi connectivity index (χ1n) is 8.89. The average Bonchev–Trinajstić information content (AvgIpc) is 2.61. The molecule has 2 atom stereocenters. The molecule has 0 N–H and O–H groups in total. The highest BCUT2D eigenvalue weighted by atomic mass is 32.2. The van der Waals surface area contributed by atoms with Crippen LogP contribution in [0, 0.1) is 6.92 Å². The summed E-state index contributed by atoms with van der Waals surface area (Å²) < 4.78 is 73.5. The first-order chi connectivity index (χ1) is 13.0. The Balaban J connectivity index is 2.04. The fourth-order valence-corrected chi connectivity index (χ4v) is 5.13. The van der Waals surface area contributed by atoms with Crippen LogP contribution in [0.5, 0.6) is 0 Å². The molecule has 2 aromatic rings. The fourth-order valence-electron chi connectivity index (χ4n) is 3.56. The van der Waals surface area contributed by atoms with Gasteiger partial charge in [-0.2, -0.15) is 17.5 Å². The molecule has 2 unspecified atom stereocenters. The number of hydrogen-bond donors (Lipinski definition) is 0. The Morgan fingerprint density at radius 2 is 1.71 bits per heavy atom. The molecule has 8 heteroatoms. The van der Waals surface area contributed by atoms with Crippen LogP contribution in [-0.2, 0) is 20.4 Å². The molecule has 1 fully saturated rings. The predicted molar refractivity (Wildman–Crippen MR) is 99.3 cm³/mol.